The Hall–Kier alpha value is -3.40. The van der Waals surface area contributed by atoms with Gasteiger partial charge in [0, 0.05) is 29.4 Å². The summed E-state index contributed by atoms with van der Waals surface area (Å²) in [6, 6.07) is 24.7. The second kappa shape index (κ2) is 7.69. The molecule has 0 fully saturated rings. The van der Waals surface area contributed by atoms with Crippen LogP contribution in [0.3, 0.4) is 0 Å². The van der Waals surface area contributed by atoms with Crippen molar-refractivity contribution in [1.82, 2.24) is 5.32 Å². The molecule has 0 bridgehead atoms. The summed E-state index contributed by atoms with van der Waals surface area (Å²) in [7, 11) is 0. The van der Waals surface area contributed by atoms with Crippen molar-refractivity contribution in [2.45, 2.75) is 25.9 Å². The third kappa shape index (κ3) is 3.54. The van der Waals surface area contributed by atoms with E-state index in [0.717, 1.165) is 23.2 Å². The normalized spacial score (nSPS) is 15.2. The summed E-state index contributed by atoms with van der Waals surface area (Å²) in [5.74, 6) is -0.0935. The molecule has 4 rings (SSSR count). The van der Waals surface area contributed by atoms with Gasteiger partial charge in [-0.2, -0.15) is 0 Å². The van der Waals surface area contributed by atoms with E-state index in [2.05, 4.69) is 18.3 Å². The zero-order valence-corrected chi connectivity index (χ0v) is 15.8. The fourth-order valence-corrected chi connectivity index (χ4v) is 3.67. The number of fused-ring (bicyclic) bond motifs is 1. The lowest BCUT2D eigenvalue weighted by Gasteiger charge is -2.23. The molecule has 0 saturated carbocycles. The number of carbonyl (C=O) groups is 2. The molecule has 0 saturated heterocycles. The molecule has 1 N–H and O–H groups in total. The highest BCUT2D eigenvalue weighted by Crippen LogP contribution is 2.34. The minimum absolute atomic E-state index is 0.0114. The smallest absolute Gasteiger partial charge is 0.258 e. The van der Waals surface area contributed by atoms with Gasteiger partial charge in [-0.05, 0) is 54.8 Å². The van der Waals surface area contributed by atoms with E-state index in [1.165, 1.54) is 0 Å². The molecule has 0 aliphatic carbocycles. The minimum atomic E-state index is -0.105. The van der Waals surface area contributed by atoms with Crippen LogP contribution in [0.25, 0.3) is 0 Å². The lowest BCUT2D eigenvalue weighted by atomic mass is 10.1. The molecule has 1 aliphatic heterocycles. The lowest BCUT2D eigenvalue weighted by molar-refractivity contribution is 0.0948. The number of carbonyl (C=O) groups excluding carboxylic acids is 2. The van der Waals surface area contributed by atoms with Crippen LogP contribution in [0.2, 0.25) is 0 Å². The fourth-order valence-electron chi connectivity index (χ4n) is 3.67. The van der Waals surface area contributed by atoms with Crippen LogP contribution >= 0.6 is 0 Å². The van der Waals surface area contributed by atoms with Crippen molar-refractivity contribution >= 4 is 17.5 Å². The van der Waals surface area contributed by atoms with Crippen LogP contribution in [0.15, 0.2) is 78.9 Å². The van der Waals surface area contributed by atoms with Crippen LogP contribution in [0, 0.1) is 0 Å². The van der Waals surface area contributed by atoms with Gasteiger partial charge in [0.2, 0.25) is 0 Å². The number of amides is 2. The van der Waals surface area contributed by atoms with Crippen LogP contribution < -0.4 is 10.2 Å². The Morgan fingerprint density at radius 3 is 2.25 bits per heavy atom. The standard InChI is InChI=1S/C24H22N2O2/c1-17-14-21-13-12-18(16-25-23(27)19-8-4-2-5-9-19)15-22(21)26(17)24(28)20-10-6-3-7-11-20/h2-13,15,17H,14,16H2,1H3,(H,25,27)/t17-/m0/s1. The highest BCUT2D eigenvalue weighted by atomic mass is 16.2. The highest BCUT2D eigenvalue weighted by Gasteiger charge is 2.31. The molecular formula is C24H22N2O2. The summed E-state index contributed by atoms with van der Waals surface area (Å²) in [5.41, 5.74) is 4.40. The van der Waals surface area contributed by atoms with Gasteiger partial charge in [0.1, 0.15) is 0 Å². The maximum Gasteiger partial charge on any atom is 0.258 e. The van der Waals surface area contributed by atoms with Gasteiger partial charge in [0.25, 0.3) is 11.8 Å². The predicted octanol–water partition coefficient (Wildman–Crippen LogP) is 4.21. The molecule has 28 heavy (non-hydrogen) atoms. The number of hydrogen-bond donors (Lipinski definition) is 1. The van der Waals surface area contributed by atoms with Crippen LogP contribution in [0.4, 0.5) is 5.69 Å². The molecule has 4 heteroatoms. The van der Waals surface area contributed by atoms with E-state index in [9.17, 15) is 9.59 Å². The first kappa shape index (κ1) is 18.0. The molecular weight excluding hydrogens is 348 g/mol. The number of benzene rings is 3. The molecule has 2 amide bonds. The van der Waals surface area contributed by atoms with Crippen LogP contribution in [-0.4, -0.2) is 17.9 Å². The number of hydrogen-bond acceptors (Lipinski definition) is 2. The van der Waals surface area contributed by atoms with E-state index in [0.29, 0.717) is 17.7 Å². The second-order valence-electron chi connectivity index (χ2n) is 7.11. The van der Waals surface area contributed by atoms with Crippen molar-refractivity contribution in [2.75, 3.05) is 4.90 Å². The van der Waals surface area contributed by atoms with Gasteiger partial charge in [-0.15, -0.1) is 0 Å². The Morgan fingerprint density at radius 2 is 1.57 bits per heavy atom. The van der Waals surface area contributed by atoms with E-state index in [1.807, 2.05) is 65.6 Å². The molecule has 0 spiro atoms. The van der Waals surface area contributed by atoms with Crippen molar-refractivity contribution in [3.8, 4) is 0 Å². The van der Waals surface area contributed by atoms with E-state index in [-0.39, 0.29) is 17.9 Å². The Bertz CT molecular complexity index is 1000. The molecule has 3 aromatic carbocycles. The van der Waals surface area contributed by atoms with Crippen molar-refractivity contribution in [2.24, 2.45) is 0 Å². The van der Waals surface area contributed by atoms with Gasteiger partial charge in [0.15, 0.2) is 0 Å². The van der Waals surface area contributed by atoms with E-state index < -0.39 is 0 Å². The maximum absolute atomic E-state index is 13.0. The predicted molar refractivity (Wildman–Crippen MR) is 110 cm³/mol. The first-order chi connectivity index (χ1) is 13.6. The third-order valence-electron chi connectivity index (χ3n) is 5.09. The first-order valence-corrected chi connectivity index (χ1v) is 9.47. The third-order valence-corrected chi connectivity index (χ3v) is 5.09. The summed E-state index contributed by atoms with van der Waals surface area (Å²) in [6.07, 6.45) is 0.838. The Balaban J connectivity index is 1.53. The topological polar surface area (TPSA) is 49.4 Å². The molecule has 0 unspecified atom stereocenters. The molecule has 140 valence electrons. The number of nitrogens with one attached hydrogen (secondary N) is 1. The van der Waals surface area contributed by atoms with Crippen LogP contribution in [-0.2, 0) is 13.0 Å². The largest absolute Gasteiger partial charge is 0.348 e. The van der Waals surface area contributed by atoms with E-state index in [4.69, 9.17) is 0 Å². The summed E-state index contributed by atoms with van der Waals surface area (Å²) < 4.78 is 0. The minimum Gasteiger partial charge on any atom is -0.348 e. The molecule has 3 aromatic rings. The molecule has 1 heterocycles. The number of rotatable bonds is 4. The Labute approximate surface area is 164 Å². The average molecular weight is 370 g/mol. The van der Waals surface area contributed by atoms with Gasteiger partial charge in [-0.3, -0.25) is 9.59 Å². The van der Waals surface area contributed by atoms with Crippen LogP contribution in [0.1, 0.15) is 38.8 Å². The monoisotopic (exact) mass is 370 g/mol. The van der Waals surface area contributed by atoms with Crippen LogP contribution in [0.5, 0.6) is 0 Å². The quantitative estimate of drug-likeness (QED) is 0.748. The Kier molecular flexibility index (Phi) is 4.94. The van der Waals surface area contributed by atoms with Crippen molar-refractivity contribution in [3.63, 3.8) is 0 Å². The zero-order chi connectivity index (χ0) is 19.5. The van der Waals surface area contributed by atoms with Gasteiger partial charge in [0.05, 0.1) is 0 Å². The lowest BCUT2D eigenvalue weighted by Crippen LogP contribution is -2.35. The number of anilines is 1. The first-order valence-electron chi connectivity index (χ1n) is 9.47. The maximum atomic E-state index is 13.0. The molecule has 0 radical (unpaired) electrons. The Morgan fingerprint density at radius 1 is 0.929 bits per heavy atom. The average Bonchev–Trinajstić information content (AvgIpc) is 3.07. The fraction of sp³-hybridized carbons (Fsp3) is 0.167. The zero-order valence-electron chi connectivity index (χ0n) is 15.8. The SMILES string of the molecule is C[C@H]1Cc2ccc(CNC(=O)c3ccccc3)cc2N1C(=O)c1ccccc1. The molecule has 0 aromatic heterocycles. The summed E-state index contributed by atoms with van der Waals surface area (Å²) in [5, 5.41) is 2.95. The summed E-state index contributed by atoms with van der Waals surface area (Å²) >= 11 is 0. The van der Waals surface area contributed by atoms with Gasteiger partial charge in [-0.1, -0.05) is 48.5 Å². The number of nitrogens with zero attached hydrogens (tertiary/aromatic N) is 1. The van der Waals surface area contributed by atoms with Crippen molar-refractivity contribution in [3.05, 3.63) is 101 Å². The van der Waals surface area contributed by atoms with Gasteiger partial charge in [-0.25, -0.2) is 0 Å². The molecule has 4 nitrogen and oxygen atoms in total. The molecule has 1 atom stereocenters. The van der Waals surface area contributed by atoms with Gasteiger partial charge >= 0.3 is 0 Å². The second-order valence-corrected chi connectivity index (χ2v) is 7.11. The van der Waals surface area contributed by atoms with Crippen molar-refractivity contribution in [1.29, 1.82) is 0 Å². The summed E-state index contributed by atoms with van der Waals surface area (Å²) in [6.45, 7) is 2.49. The summed E-state index contributed by atoms with van der Waals surface area (Å²) in [4.78, 5) is 27.2. The molecule has 1 aliphatic rings. The van der Waals surface area contributed by atoms with E-state index in [1.54, 1.807) is 12.1 Å². The van der Waals surface area contributed by atoms with E-state index >= 15 is 0 Å². The van der Waals surface area contributed by atoms with Crippen molar-refractivity contribution < 1.29 is 9.59 Å². The van der Waals surface area contributed by atoms with Gasteiger partial charge < -0.3 is 10.2 Å². The highest BCUT2D eigenvalue weighted by molar-refractivity contribution is 6.07.